The lowest BCUT2D eigenvalue weighted by Crippen LogP contribution is -2.28. The van der Waals surface area contributed by atoms with Crippen LogP contribution in [0.4, 0.5) is 0 Å². The lowest BCUT2D eigenvalue weighted by atomic mass is 9.88. The van der Waals surface area contributed by atoms with Crippen LogP contribution in [-0.4, -0.2) is 31.2 Å². The largest absolute Gasteiger partial charge is 0.328 e. The Kier molecular flexibility index (Phi) is 6.77. The van der Waals surface area contributed by atoms with Gasteiger partial charge in [0.05, 0.1) is 6.04 Å². The van der Waals surface area contributed by atoms with Crippen molar-refractivity contribution in [1.82, 2.24) is 25.2 Å². The summed E-state index contributed by atoms with van der Waals surface area (Å²) in [5.74, 6) is 0.739. The summed E-state index contributed by atoms with van der Waals surface area (Å²) in [6.07, 6.45) is 10.9. The van der Waals surface area contributed by atoms with Crippen molar-refractivity contribution < 1.29 is 0 Å². The van der Waals surface area contributed by atoms with Crippen molar-refractivity contribution >= 4 is 24.8 Å². The normalized spacial score (nSPS) is 22.5. The smallest absolute Gasteiger partial charge is 0.207 e. The lowest BCUT2D eigenvalue weighted by Gasteiger charge is -2.24. The van der Waals surface area contributed by atoms with Crippen LogP contribution < -0.4 is 5.73 Å². The van der Waals surface area contributed by atoms with Gasteiger partial charge in [0.1, 0.15) is 0 Å². The van der Waals surface area contributed by atoms with Gasteiger partial charge in [-0.25, -0.2) is 0 Å². The van der Waals surface area contributed by atoms with Crippen LogP contribution in [0.2, 0.25) is 0 Å². The third kappa shape index (κ3) is 3.96. The first-order valence-electron chi connectivity index (χ1n) is 8.75. The van der Waals surface area contributed by atoms with E-state index in [0.717, 1.165) is 55.6 Å². The minimum atomic E-state index is 0. The predicted molar refractivity (Wildman–Crippen MR) is 102 cm³/mol. The summed E-state index contributed by atoms with van der Waals surface area (Å²) in [6.45, 7) is 2.05. The maximum absolute atomic E-state index is 5.99. The number of aromatic nitrogens is 5. The van der Waals surface area contributed by atoms with Gasteiger partial charge < -0.3 is 5.73 Å². The summed E-state index contributed by atoms with van der Waals surface area (Å²) in [5, 5.41) is 13.4. The number of tetrazole rings is 1. The van der Waals surface area contributed by atoms with Crippen molar-refractivity contribution in [2.75, 3.05) is 0 Å². The zero-order valence-corrected chi connectivity index (χ0v) is 16.2. The molecule has 8 heteroatoms. The molecule has 0 atom stereocenters. The molecule has 0 amide bonds. The van der Waals surface area contributed by atoms with Crippen LogP contribution in [0.5, 0.6) is 0 Å². The molecule has 1 fully saturated rings. The van der Waals surface area contributed by atoms with Crippen molar-refractivity contribution in [2.45, 2.75) is 70.4 Å². The Morgan fingerprint density at radius 2 is 1.80 bits per heavy atom. The number of fused-ring (bicyclic) bond motifs is 1. The van der Waals surface area contributed by atoms with E-state index < -0.39 is 0 Å². The number of hydrogen-bond donors (Lipinski definition) is 1. The van der Waals surface area contributed by atoms with Gasteiger partial charge in [-0.3, -0.25) is 4.98 Å². The second-order valence-electron chi connectivity index (χ2n) is 6.93. The van der Waals surface area contributed by atoms with Crippen LogP contribution in [0.3, 0.4) is 0 Å². The number of hydrogen-bond acceptors (Lipinski definition) is 5. The highest BCUT2D eigenvalue weighted by Crippen LogP contribution is 2.32. The molecule has 4 rings (SSSR count). The standard InChI is InChI=1S/C17H24N6.2ClH/c1-11-16(15-5-3-2-4-12(15)10-19-11)17-20-22-23(21-17)14-8-6-13(18)7-9-14;;/h10,13-14H,2-9,18H2,1H3;2*1H. The Morgan fingerprint density at radius 3 is 2.56 bits per heavy atom. The summed E-state index contributed by atoms with van der Waals surface area (Å²) >= 11 is 0. The van der Waals surface area contributed by atoms with Crippen molar-refractivity contribution in [3.63, 3.8) is 0 Å². The lowest BCUT2D eigenvalue weighted by molar-refractivity contribution is 0.277. The molecule has 2 aliphatic rings. The highest BCUT2D eigenvalue weighted by Gasteiger charge is 2.24. The van der Waals surface area contributed by atoms with E-state index in [0.29, 0.717) is 12.1 Å². The first kappa shape index (κ1) is 20.1. The molecule has 0 bridgehead atoms. The first-order valence-corrected chi connectivity index (χ1v) is 8.75. The van der Waals surface area contributed by atoms with Crippen LogP contribution in [0.25, 0.3) is 11.4 Å². The molecule has 2 aromatic rings. The maximum atomic E-state index is 5.99. The fourth-order valence-electron chi connectivity index (χ4n) is 3.92. The first-order chi connectivity index (χ1) is 11.2. The fraction of sp³-hybridized carbons (Fsp3) is 0.647. The molecule has 0 aliphatic heterocycles. The Bertz CT molecular complexity index is 709. The molecule has 138 valence electrons. The molecule has 0 unspecified atom stereocenters. The average molecular weight is 385 g/mol. The fourth-order valence-corrected chi connectivity index (χ4v) is 3.92. The number of halogens is 2. The summed E-state index contributed by atoms with van der Waals surface area (Å²) in [5.41, 5.74) is 10.9. The molecule has 2 aromatic heterocycles. The molecular formula is C17H26Cl2N6. The monoisotopic (exact) mass is 384 g/mol. The van der Waals surface area contributed by atoms with E-state index in [2.05, 4.69) is 15.3 Å². The second-order valence-corrected chi connectivity index (χ2v) is 6.93. The summed E-state index contributed by atoms with van der Waals surface area (Å²) < 4.78 is 0. The molecule has 0 saturated heterocycles. The van der Waals surface area contributed by atoms with Crippen LogP contribution in [0.15, 0.2) is 6.20 Å². The Hall–Kier alpha value is -1.24. The zero-order chi connectivity index (χ0) is 15.8. The number of nitrogens with zero attached hydrogens (tertiary/aromatic N) is 5. The van der Waals surface area contributed by atoms with Gasteiger partial charge in [-0.05, 0) is 74.6 Å². The van der Waals surface area contributed by atoms with Gasteiger partial charge in [0.25, 0.3) is 0 Å². The molecular weight excluding hydrogens is 359 g/mol. The molecule has 2 aliphatic carbocycles. The van der Waals surface area contributed by atoms with Gasteiger partial charge in [-0.15, -0.1) is 35.0 Å². The highest BCUT2D eigenvalue weighted by molar-refractivity contribution is 5.85. The minimum absolute atomic E-state index is 0. The predicted octanol–water partition coefficient (Wildman–Crippen LogP) is 3.21. The van der Waals surface area contributed by atoms with E-state index in [1.807, 2.05) is 17.9 Å². The Morgan fingerprint density at radius 1 is 1.08 bits per heavy atom. The molecule has 0 aromatic carbocycles. The molecule has 0 radical (unpaired) electrons. The second kappa shape index (κ2) is 8.43. The van der Waals surface area contributed by atoms with Crippen molar-refractivity contribution in [3.05, 3.63) is 23.0 Å². The molecule has 2 N–H and O–H groups in total. The Labute approximate surface area is 160 Å². The molecule has 6 nitrogen and oxygen atoms in total. The van der Waals surface area contributed by atoms with Crippen LogP contribution in [-0.2, 0) is 12.8 Å². The van der Waals surface area contributed by atoms with Crippen LogP contribution in [0.1, 0.15) is 61.4 Å². The van der Waals surface area contributed by atoms with E-state index in [4.69, 9.17) is 10.8 Å². The molecule has 0 spiro atoms. The van der Waals surface area contributed by atoms with E-state index in [-0.39, 0.29) is 24.8 Å². The average Bonchev–Trinajstić information content (AvgIpc) is 3.05. The zero-order valence-electron chi connectivity index (χ0n) is 14.5. The summed E-state index contributed by atoms with van der Waals surface area (Å²) in [7, 11) is 0. The highest BCUT2D eigenvalue weighted by atomic mass is 35.5. The van der Waals surface area contributed by atoms with Crippen molar-refractivity contribution in [1.29, 1.82) is 0 Å². The van der Waals surface area contributed by atoms with Crippen LogP contribution >= 0.6 is 24.8 Å². The van der Waals surface area contributed by atoms with Gasteiger partial charge in [0.15, 0.2) is 0 Å². The maximum Gasteiger partial charge on any atom is 0.207 e. The van der Waals surface area contributed by atoms with Gasteiger partial charge in [0.2, 0.25) is 5.82 Å². The molecule has 1 saturated carbocycles. The van der Waals surface area contributed by atoms with Crippen molar-refractivity contribution in [3.8, 4) is 11.4 Å². The topological polar surface area (TPSA) is 82.5 Å². The van der Waals surface area contributed by atoms with Gasteiger partial charge in [-0.2, -0.15) is 4.80 Å². The number of pyridine rings is 1. The van der Waals surface area contributed by atoms with Gasteiger partial charge in [0, 0.05) is 23.5 Å². The summed E-state index contributed by atoms with van der Waals surface area (Å²) in [6, 6.07) is 0.672. The number of aryl methyl sites for hydroxylation is 2. The van der Waals surface area contributed by atoms with E-state index >= 15 is 0 Å². The molecule has 2 heterocycles. The number of nitrogens with two attached hydrogens (primary N) is 1. The summed E-state index contributed by atoms with van der Waals surface area (Å²) in [4.78, 5) is 6.38. The third-order valence-electron chi connectivity index (χ3n) is 5.31. The molecule has 25 heavy (non-hydrogen) atoms. The van der Waals surface area contributed by atoms with Crippen molar-refractivity contribution in [2.24, 2.45) is 5.73 Å². The van der Waals surface area contributed by atoms with E-state index in [9.17, 15) is 0 Å². The number of rotatable bonds is 2. The SMILES string of the molecule is Cc1ncc2c(c1-c1nnn(C3CCC(N)CC3)n1)CCCC2.Cl.Cl. The van der Waals surface area contributed by atoms with Gasteiger partial charge in [-0.1, -0.05) is 0 Å². The van der Waals surface area contributed by atoms with Crippen LogP contribution in [0, 0.1) is 6.92 Å². The quantitative estimate of drug-likeness (QED) is 0.858. The van der Waals surface area contributed by atoms with E-state index in [1.165, 1.54) is 24.0 Å². The third-order valence-corrected chi connectivity index (χ3v) is 5.31. The van der Waals surface area contributed by atoms with E-state index in [1.54, 1.807) is 0 Å². The Balaban J connectivity index is 0.00000113. The minimum Gasteiger partial charge on any atom is -0.328 e. The van der Waals surface area contributed by atoms with Gasteiger partial charge >= 0.3 is 0 Å².